The second kappa shape index (κ2) is 4.46. The van der Waals surface area contributed by atoms with E-state index >= 15 is 0 Å². The number of thiazole rings is 1. The molecule has 3 aromatic rings. The van der Waals surface area contributed by atoms with E-state index in [0.29, 0.717) is 0 Å². The molecule has 2 nitrogen and oxygen atoms in total. The van der Waals surface area contributed by atoms with Gasteiger partial charge in [0, 0.05) is 18.3 Å². The lowest BCUT2D eigenvalue weighted by molar-refractivity contribution is 1.46. The van der Waals surface area contributed by atoms with Crippen LogP contribution in [0.15, 0.2) is 42.5 Å². The van der Waals surface area contributed by atoms with Crippen LogP contribution in [-0.4, -0.2) is 19.9 Å². The molecule has 1 N–H and O–H groups in total. The maximum atomic E-state index is 5.78. The van der Waals surface area contributed by atoms with Gasteiger partial charge < -0.3 is 5.32 Å². The number of anilines is 1. The lowest BCUT2D eigenvalue weighted by atomic mass is 9.97. The molecular weight excluding hydrogens is 239 g/mol. The summed E-state index contributed by atoms with van der Waals surface area (Å²) in [6, 6.07) is 14.1. The van der Waals surface area contributed by atoms with Gasteiger partial charge in [0.1, 0.15) is 12.9 Å². The molecule has 18 heavy (non-hydrogen) atoms. The van der Waals surface area contributed by atoms with E-state index < -0.39 is 0 Å². The standard InChI is InChI=1S/C14H11BN2S/c1-16-11-5-2-9(3-6-11)14-17-12-7-4-10(15)8-13(12)18-14/h2-8,16H,1H3. The first-order chi connectivity index (χ1) is 8.76. The zero-order valence-corrected chi connectivity index (χ0v) is 10.8. The predicted molar refractivity (Wildman–Crippen MR) is 80.0 cm³/mol. The summed E-state index contributed by atoms with van der Waals surface area (Å²) in [5.74, 6) is 0. The van der Waals surface area contributed by atoms with E-state index in [-0.39, 0.29) is 0 Å². The predicted octanol–water partition coefficient (Wildman–Crippen LogP) is 2.80. The van der Waals surface area contributed by atoms with E-state index in [1.807, 2.05) is 25.2 Å². The summed E-state index contributed by atoms with van der Waals surface area (Å²) in [5, 5.41) is 4.13. The van der Waals surface area contributed by atoms with Crippen LogP contribution in [0.4, 0.5) is 5.69 Å². The highest BCUT2D eigenvalue weighted by Gasteiger charge is 2.05. The normalized spacial score (nSPS) is 10.7. The van der Waals surface area contributed by atoms with Gasteiger partial charge in [0.25, 0.3) is 0 Å². The average molecular weight is 250 g/mol. The van der Waals surface area contributed by atoms with Crippen LogP contribution in [0.3, 0.4) is 0 Å². The lowest BCUT2D eigenvalue weighted by Gasteiger charge is -2.00. The van der Waals surface area contributed by atoms with Gasteiger partial charge in [-0.2, -0.15) is 0 Å². The van der Waals surface area contributed by atoms with Crippen LogP contribution in [0.5, 0.6) is 0 Å². The second-order valence-corrected chi connectivity index (χ2v) is 5.10. The third-order valence-electron chi connectivity index (χ3n) is 2.83. The SMILES string of the molecule is [B]c1ccc2nc(-c3ccc(NC)cc3)sc2c1. The summed E-state index contributed by atoms with van der Waals surface area (Å²) in [7, 11) is 7.69. The molecule has 0 aliphatic rings. The number of rotatable bonds is 2. The Labute approximate surface area is 111 Å². The van der Waals surface area contributed by atoms with Crippen molar-refractivity contribution >= 4 is 40.5 Å². The largest absolute Gasteiger partial charge is 0.388 e. The minimum absolute atomic E-state index is 0.781. The van der Waals surface area contributed by atoms with Crippen LogP contribution in [0.2, 0.25) is 0 Å². The van der Waals surface area contributed by atoms with Crippen molar-refractivity contribution in [2.75, 3.05) is 12.4 Å². The Morgan fingerprint density at radius 1 is 1.11 bits per heavy atom. The number of benzene rings is 2. The molecule has 0 saturated heterocycles. The van der Waals surface area contributed by atoms with Crippen LogP contribution < -0.4 is 10.8 Å². The molecule has 1 aromatic heterocycles. The van der Waals surface area contributed by atoms with Crippen LogP contribution in [0.25, 0.3) is 20.8 Å². The lowest BCUT2D eigenvalue weighted by Crippen LogP contribution is -1.98. The topological polar surface area (TPSA) is 24.9 Å². The molecule has 86 valence electrons. The molecule has 0 spiro atoms. The van der Waals surface area contributed by atoms with Crippen molar-refractivity contribution < 1.29 is 0 Å². The molecule has 2 radical (unpaired) electrons. The molecule has 0 fully saturated rings. The van der Waals surface area contributed by atoms with E-state index in [1.165, 1.54) is 0 Å². The molecule has 4 heteroatoms. The summed E-state index contributed by atoms with van der Waals surface area (Å²) in [4.78, 5) is 4.62. The Morgan fingerprint density at radius 3 is 2.61 bits per heavy atom. The minimum atomic E-state index is 0.781. The first-order valence-corrected chi connectivity index (χ1v) is 6.52. The van der Waals surface area contributed by atoms with E-state index in [9.17, 15) is 0 Å². The Kier molecular flexibility index (Phi) is 2.80. The number of aromatic nitrogens is 1. The molecule has 3 rings (SSSR count). The summed E-state index contributed by atoms with van der Waals surface area (Å²) >= 11 is 1.67. The molecule has 0 aliphatic heterocycles. The van der Waals surface area contributed by atoms with E-state index in [2.05, 4.69) is 34.6 Å². The number of nitrogens with one attached hydrogen (secondary N) is 1. The zero-order valence-electron chi connectivity index (χ0n) is 9.97. The molecule has 2 aromatic carbocycles. The fourth-order valence-electron chi connectivity index (χ4n) is 1.84. The summed E-state index contributed by atoms with van der Waals surface area (Å²) in [6.07, 6.45) is 0. The molecule has 0 aliphatic carbocycles. The van der Waals surface area contributed by atoms with Crippen molar-refractivity contribution in [1.82, 2.24) is 4.98 Å². The van der Waals surface area contributed by atoms with Crippen molar-refractivity contribution in [3.63, 3.8) is 0 Å². The van der Waals surface area contributed by atoms with Gasteiger partial charge in [0.05, 0.1) is 10.2 Å². The van der Waals surface area contributed by atoms with Gasteiger partial charge in [0.2, 0.25) is 0 Å². The fraction of sp³-hybridized carbons (Fsp3) is 0.0714. The van der Waals surface area contributed by atoms with E-state index in [4.69, 9.17) is 7.85 Å². The monoisotopic (exact) mass is 250 g/mol. The Bertz CT molecular complexity index is 689. The van der Waals surface area contributed by atoms with Crippen molar-refractivity contribution in [3.05, 3.63) is 42.5 Å². The third-order valence-corrected chi connectivity index (χ3v) is 3.90. The van der Waals surface area contributed by atoms with E-state index in [0.717, 1.165) is 31.9 Å². The Morgan fingerprint density at radius 2 is 1.89 bits per heavy atom. The van der Waals surface area contributed by atoms with Crippen molar-refractivity contribution in [3.8, 4) is 10.6 Å². The number of hydrogen-bond donors (Lipinski definition) is 1. The van der Waals surface area contributed by atoms with Crippen LogP contribution in [0.1, 0.15) is 0 Å². The smallest absolute Gasteiger partial charge is 0.124 e. The molecule has 0 saturated carbocycles. The average Bonchev–Trinajstić information content (AvgIpc) is 2.81. The second-order valence-electron chi connectivity index (χ2n) is 4.07. The van der Waals surface area contributed by atoms with Gasteiger partial charge in [-0.1, -0.05) is 11.5 Å². The molecule has 0 unspecified atom stereocenters. The zero-order chi connectivity index (χ0) is 12.5. The van der Waals surface area contributed by atoms with E-state index in [1.54, 1.807) is 11.3 Å². The van der Waals surface area contributed by atoms with Gasteiger partial charge >= 0.3 is 0 Å². The first kappa shape index (κ1) is 11.3. The van der Waals surface area contributed by atoms with Crippen LogP contribution >= 0.6 is 11.3 Å². The molecule has 0 atom stereocenters. The highest BCUT2D eigenvalue weighted by Crippen LogP contribution is 2.30. The maximum Gasteiger partial charge on any atom is 0.124 e. The molecule has 0 amide bonds. The third kappa shape index (κ3) is 2.00. The van der Waals surface area contributed by atoms with Crippen molar-refractivity contribution in [2.45, 2.75) is 0 Å². The van der Waals surface area contributed by atoms with Crippen LogP contribution in [-0.2, 0) is 0 Å². The highest BCUT2D eigenvalue weighted by molar-refractivity contribution is 7.21. The summed E-state index contributed by atoms with van der Waals surface area (Å²) in [5.41, 5.74) is 4.02. The number of fused-ring (bicyclic) bond motifs is 1. The molecule has 0 bridgehead atoms. The van der Waals surface area contributed by atoms with Gasteiger partial charge in [-0.05, 0) is 36.4 Å². The van der Waals surface area contributed by atoms with Gasteiger partial charge in [-0.15, -0.1) is 11.3 Å². The molecule has 1 heterocycles. The Balaban J connectivity index is 2.07. The van der Waals surface area contributed by atoms with Crippen molar-refractivity contribution in [1.29, 1.82) is 0 Å². The minimum Gasteiger partial charge on any atom is -0.388 e. The maximum absolute atomic E-state index is 5.78. The summed E-state index contributed by atoms with van der Waals surface area (Å²) in [6.45, 7) is 0. The summed E-state index contributed by atoms with van der Waals surface area (Å²) < 4.78 is 1.13. The van der Waals surface area contributed by atoms with Gasteiger partial charge in [0.15, 0.2) is 0 Å². The quantitative estimate of drug-likeness (QED) is 0.707. The number of hydrogen-bond acceptors (Lipinski definition) is 3. The van der Waals surface area contributed by atoms with Crippen molar-refractivity contribution in [2.24, 2.45) is 0 Å². The fourth-order valence-corrected chi connectivity index (χ4v) is 2.86. The van der Waals surface area contributed by atoms with Gasteiger partial charge in [-0.25, -0.2) is 4.98 Å². The van der Waals surface area contributed by atoms with Gasteiger partial charge in [-0.3, -0.25) is 0 Å². The number of nitrogens with zero attached hydrogens (tertiary/aromatic N) is 1. The highest BCUT2D eigenvalue weighted by atomic mass is 32.1. The molecular formula is C14H11BN2S. The first-order valence-electron chi connectivity index (χ1n) is 5.70. The Hall–Kier alpha value is -1.81. The van der Waals surface area contributed by atoms with Crippen LogP contribution in [0, 0.1) is 0 Å².